The molecule has 1 nitrogen and oxygen atoms in total. The first-order valence-electron chi connectivity index (χ1n) is 5.09. The van der Waals surface area contributed by atoms with Crippen LogP contribution in [0.5, 0.6) is 0 Å². The van der Waals surface area contributed by atoms with Crippen LogP contribution in [0, 0.1) is 0 Å². The van der Waals surface area contributed by atoms with E-state index in [4.69, 9.17) is 11.6 Å². The van der Waals surface area contributed by atoms with Crippen molar-refractivity contribution in [1.29, 1.82) is 0 Å². The number of hydrogen-bond donors (Lipinski definition) is 1. The lowest BCUT2D eigenvalue weighted by Gasteiger charge is -2.16. The Labute approximate surface area is 96.6 Å². The summed E-state index contributed by atoms with van der Waals surface area (Å²) in [5, 5.41) is 2.97. The maximum atomic E-state index is 12.6. The van der Waals surface area contributed by atoms with Crippen LogP contribution in [0.1, 0.15) is 30.0 Å². The minimum Gasteiger partial charge on any atom is -0.310 e. The second-order valence-corrected chi connectivity index (χ2v) is 4.23. The highest BCUT2D eigenvalue weighted by molar-refractivity contribution is 6.32. The number of halogens is 4. The highest BCUT2D eigenvalue weighted by Gasteiger charge is 2.34. The predicted octanol–water partition coefficient (Wildman–Crippen LogP) is 3.78. The Balaban J connectivity index is 2.40. The third-order valence-electron chi connectivity index (χ3n) is 2.77. The highest BCUT2D eigenvalue weighted by atomic mass is 35.5. The van der Waals surface area contributed by atoms with Crippen LogP contribution < -0.4 is 5.32 Å². The molecule has 1 atom stereocenters. The third kappa shape index (κ3) is 2.18. The van der Waals surface area contributed by atoms with E-state index in [0.29, 0.717) is 5.56 Å². The van der Waals surface area contributed by atoms with Gasteiger partial charge in [-0.05, 0) is 31.0 Å². The van der Waals surface area contributed by atoms with Crippen molar-refractivity contribution in [2.45, 2.75) is 25.1 Å². The number of alkyl halides is 3. The van der Waals surface area contributed by atoms with E-state index >= 15 is 0 Å². The fourth-order valence-electron chi connectivity index (χ4n) is 1.99. The predicted molar refractivity (Wildman–Crippen MR) is 56.4 cm³/mol. The fraction of sp³-hybridized carbons (Fsp3) is 0.455. The van der Waals surface area contributed by atoms with Crippen molar-refractivity contribution in [3.63, 3.8) is 0 Å². The van der Waals surface area contributed by atoms with Crippen LogP contribution in [0.25, 0.3) is 0 Å². The molecule has 0 aliphatic carbocycles. The van der Waals surface area contributed by atoms with Gasteiger partial charge in [0.05, 0.1) is 10.6 Å². The Morgan fingerprint density at radius 3 is 2.62 bits per heavy atom. The SMILES string of the molecule is FC(F)(F)c1cccc(C2CCCN2)c1Cl. The largest absolute Gasteiger partial charge is 0.417 e. The Morgan fingerprint density at radius 2 is 2.06 bits per heavy atom. The Bertz CT molecular complexity index is 383. The van der Waals surface area contributed by atoms with E-state index in [2.05, 4.69) is 5.32 Å². The molecule has 0 aromatic heterocycles. The van der Waals surface area contributed by atoms with Crippen molar-refractivity contribution in [3.8, 4) is 0 Å². The summed E-state index contributed by atoms with van der Waals surface area (Å²) in [6.07, 6.45) is -2.58. The van der Waals surface area contributed by atoms with Crippen molar-refractivity contribution < 1.29 is 13.2 Å². The molecule has 1 saturated heterocycles. The summed E-state index contributed by atoms with van der Waals surface area (Å²) in [6.45, 7) is 0.831. The minimum atomic E-state index is -4.38. The number of hydrogen-bond acceptors (Lipinski definition) is 1. The van der Waals surface area contributed by atoms with E-state index < -0.39 is 11.7 Å². The Hall–Kier alpha value is -0.740. The Morgan fingerprint density at radius 1 is 1.31 bits per heavy atom. The van der Waals surface area contributed by atoms with Crippen LogP contribution in [-0.2, 0) is 6.18 Å². The zero-order chi connectivity index (χ0) is 11.8. The molecule has 16 heavy (non-hydrogen) atoms. The minimum absolute atomic E-state index is 0.0465. The van der Waals surface area contributed by atoms with E-state index in [-0.39, 0.29) is 11.1 Å². The van der Waals surface area contributed by atoms with E-state index in [9.17, 15) is 13.2 Å². The molecule has 0 radical (unpaired) electrons. The molecule has 1 aromatic carbocycles. The maximum Gasteiger partial charge on any atom is 0.417 e. The van der Waals surface area contributed by atoms with Crippen molar-refractivity contribution in [2.75, 3.05) is 6.54 Å². The fourth-order valence-corrected chi connectivity index (χ4v) is 2.35. The van der Waals surface area contributed by atoms with Gasteiger partial charge in [-0.25, -0.2) is 0 Å². The van der Waals surface area contributed by atoms with Crippen molar-refractivity contribution in [1.82, 2.24) is 5.32 Å². The van der Waals surface area contributed by atoms with Crippen LogP contribution in [-0.4, -0.2) is 6.54 Å². The van der Waals surface area contributed by atoms with Gasteiger partial charge < -0.3 is 5.32 Å². The second kappa shape index (κ2) is 4.26. The molecule has 1 aliphatic heterocycles. The van der Waals surface area contributed by atoms with Gasteiger partial charge in [0.1, 0.15) is 0 Å². The summed E-state index contributed by atoms with van der Waals surface area (Å²) in [7, 11) is 0. The van der Waals surface area contributed by atoms with E-state index in [1.165, 1.54) is 6.07 Å². The zero-order valence-electron chi connectivity index (χ0n) is 8.44. The van der Waals surface area contributed by atoms with Crippen molar-refractivity contribution in [3.05, 3.63) is 34.3 Å². The quantitative estimate of drug-likeness (QED) is 0.799. The van der Waals surface area contributed by atoms with Gasteiger partial charge in [-0.2, -0.15) is 13.2 Å². The highest BCUT2D eigenvalue weighted by Crippen LogP contribution is 2.39. The summed E-state index contributed by atoms with van der Waals surface area (Å²) < 4.78 is 37.8. The van der Waals surface area contributed by atoms with Gasteiger partial charge in [0, 0.05) is 6.04 Å². The number of rotatable bonds is 1. The van der Waals surface area contributed by atoms with Crippen LogP contribution in [0.4, 0.5) is 13.2 Å². The van der Waals surface area contributed by atoms with Gasteiger partial charge in [-0.3, -0.25) is 0 Å². The molecule has 1 fully saturated rings. The average Bonchev–Trinajstić information content (AvgIpc) is 2.69. The summed E-state index contributed by atoms with van der Waals surface area (Å²) in [5.74, 6) is 0. The lowest BCUT2D eigenvalue weighted by molar-refractivity contribution is -0.137. The molecule has 0 amide bonds. The monoisotopic (exact) mass is 249 g/mol. The molecule has 0 spiro atoms. The average molecular weight is 250 g/mol. The third-order valence-corrected chi connectivity index (χ3v) is 3.19. The van der Waals surface area contributed by atoms with Crippen molar-refractivity contribution in [2.24, 2.45) is 0 Å². The lowest BCUT2D eigenvalue weighted by atomic mass is 10.0. The second-order valence-electron chi connectivity index (χ2n) is 3.86. The Kier molecular flexibility index (Phi) is 3.13. The molecule has 88 valence electrons. The molecular weight excluding hydrogens is 239 g/mol. The van der Waals surface area contributed by atoms with Crippen LogP contribution in [0.15, 0.2) is 18.2 Å². The molecule has 1 N–H and O–H groups in total. The number of benzene rings is 1. The molecule has 1 heterocycles. The molecule has 2 rings (SSSR count). The van der Waals surface area contributed by atoms with Crippen molar-refractivity contribution >= 4 is 11.6 Å². The van der Waals surface area contributed by atoms with Crippen LogP contribution >= 0.6 is 11.6 Å². The summed E-state index contributed by atoms with van der Waals surface area (Å²) in [6, 6.07) is 4.03. The van der Waals surface area contributed by atoms with Crippen LogP contribution in [0.3, 0.4) is 0 Å². The van der Waals surface area contributed by atoms with Gasteiger partial charge in [0.15, 0.2) is 0 Å². The smallest absolute Gasteiger partial charge is 0.310 e. The molecule has 0 saturated carbocycles. The van der Waals surface area contributed by atoms with Gasteiger partial charge in [-0.15, -0.1) is 0 Å². The van der Waals surface area contributed by atoms with Crippen LogP contribution in [0.2, 0.25) is 5.02 Å². The first-order chi connectivity index (χ1) is 7.50. The standard InChI is InChI=1S/C11H11ClF3N/c12-10-7(9-5-2-6-16-9)3-1-4-8(10)11(13,14)15/h1,3-4,9,16H,2,5-6H2. The topological polar surface area (TPSA) is 12.0 Å². The van der Waals surface area contributed by atoms with Gasteiger partial charge >= 0.3 is 6.18 Å². The summed E-state index contributed by atoms with van der Waals surface area (Å²) in [5.41, 5.74) is -0.200. The maximum absolute atomic E-state index is 12.6. The molecule has 1 unspecified atom stereocenters. The number of nitrogens with one attached hydrogen (secondary N) is 1. The molecular formula is C11H11ClF3N. The van der Waals surface area contributed by atoms with Gasteiger partial charge in [0.25, 0.3) is 0 Å². The van der Waals surface area contributed by atoms with Gasteiger partial charge in [0.2, 0.25) is 0 Å². The molecule has 5 heteroatoms. The van der Waals surface area contributed by atoms with E-state index in [0.717, 1.165) is 25.5 Å². The first kappa shape index (κ1) is 11.7. The normalized spacial score (nSPS) is 21.4. The first-order valence-corrected chi connectivity index (χ1v) is 5.47. The zero-order valence-corrected chi connectivity index (χ0v) is 9.20. The molecule has 1 aromatic rings. The lowest BCUT2D eigenvalue weighted by Crippen LogP contribution is -2.15. The molecule has 1 aliphatic rings. The van der Waals surface area contributed by atoms with E-state index in [1.54, 1.807) is 6.07 Å². The van der Waals surface area contributed by atoms with E-state index in [1.807, 2.05) is 0 Å². The molecule has 0 bridgehead atoms. The van der Waals surface area contributed by atoms with Gasteiger partial charge in [-0.1, -0.05) is 23.7 Å². The summed E-state index contributed by atoms with van der Waals surface area (Å²) >= 11 is 5.81. The summed E-state index contributed by atoms with van der Waals surface area (Å²) in [4.78, 5) is 0.